The van der Waals surface area contributed by atoms with Gasteiger partial charge in [-0.15, -0.1) is 0 Å². The van der Waals surface area contributed by atoms with E-state index < -0.39 is 0 Å². The summed E-state index contributed by atoms with van der Waals surface area (Å²) in [4.78, 5) is 10.8. The van der Waals surface area contributed by atoms with E-state index in [4.69, 9.17) is 4.74 Å². The van der Waals surface area contributed by atoms with Gasteiger partial charge in [-0.25, -0.2) is 0 Å². The third-order valence-electron chi connectivity index (χ3n) is 3.25. The Morgan fingerprint density at radius 3 is 2.69 bits per heavy atom. The molecule has 2 heteroatoms. The van der Waals surface area contributed by atoms with Crippen LogP contribution in [0.15, 0.2) is 24.3 Å². The van der Waals surface area contributed by atoms with Crippen LogP contribution in [-0.2, 0) is 0 Å². The molecule has 0 aliphatic heterocycles. The van der Waals surface area contributed by atoms with Gasteiger partial charge in [0.25, 0.3) is 0 Å². The molecule has 1 aromatic carbocycles. The predicted molar refractivity (Wildman–Crippen MR) is 63.9 cm³/mol. The molecule has 0 bridgehead atoms. The van der Waals surface area contributed by atoms with Crippen LogP contribution >= 0.6 is 0 Å². The van der Waals surface area contributed by atoms with E-state index >= 15 is 0 Å². The van der Waals surface area contributed by atoms with Crippen molar-refractivity contribution in [1.82, 2.24) is 0 Å². The Kier molecular flexibility index (Phi) is 3.97. The van der Waals surface area contributed by atoms with E-state index in [-0.39, 0.29) is 0 Å². The summed E-state index contributed by atoms with van der Waals surface area (Å²) in [5, 5.41) is 0. The first-order valence-electron chi connectivity index (χ1n) is 6.07. The number of hydrogen-bond donors (Lipinski definition) is 0. The van der Waals surface area contributed by atoms with Crippen molar-refractivity contribution in [2.24, 2.45) is 5.92 Å². The van der Waals surface area contributed by atoms with Gasteiger partial charge in [0.15, 0.2) is 6.29 Å². The zero-order chi connectivity index (χ0) is 11.2. The second-order valence-corrected chi connectivity index (χ2v) is 4.47. The van der Waals surface area contributed by atoms with Crippen molar-refractivity contribution in [3.8, 4) is 5.75 Å². The second kappa shape index (κ2) is 5.69. The number of hydrogen-bond acceptors (Lipinski definition) is 2. The lowest BCUT2D eigenvalue weighted by molar-refractivity contribution is 0.111. The lowest BCUT2D eigenvalue weighted by atomic mass is 9.90. The maximum Gasteiger partial charge on any atom is 0.153 e. The van der Waals surface area contributed by atoms with E-state index in [0.717, 1.165) is 18.6 Å². The van der Waals surface area contributed by atoms with Crippen LogP contribution in [0.1, 0.15) is 42.5 Å². The van der Waals surface area contributed by atoms with E-state index in [1.807, 2.05) is 18.2 Å². The molecule has 1 aliphatic carbocycles. The number of rotatable bonds is 4. The van der Waals surface area contributed by atoms with Gasteiger partial charge in [-0.3, -0.25) is 4.79 Å². The van der Waals surface area contributed by atoms with E-state index in [2.05, 4.69) is 0 Å². The number of ether oxygens (including phenoxy) is 1. The third kappa shape index (κ3) is 2.84. The average molecular weight is 218 g/mol. The predicted octanol–water partition coefficient (Wildman–Crippen LogP) is 3.46. The molecule has 0 aromatic heterocycles. The molecule has 0 spiro atoms. The summed E-state index contributed by atoms with van der Waals surface area (Å²) in [5.74, 6) is 1.40. The van der Waals surface area contributed by atoms with E-state index in [0.29, 0.717) is 11.5 Å². The number of aldehydes is 1. The van der Waals surface area contributed by atoms with Crippen molar-refractivity contribution in [2.45, 2.75) is 32.1 Å². The van der Waals surface area contributed by atoms with Crippen molar-refractivity contribution >= 4 is 6.29 Å². The highest BCUT2D eigenvalue weighted by molar-refractivity contribution is 5.79. The molecule has 2 rings (SSSR count). The number of carbonyl (C=O) groups is 1. The normalized spacial score (nSPS) is 17.0. The maximum absolute atomic E-state index is 10.8. The molecule has 0 radical (unpaired) electrons. The van der Waals surface area contributed by atoms with Crippen molar-refractivity contribution in [3.05, 3.63) is 29.8 Å². The smallest absolute Gasteiger partial charge is 0.153 e. The average Bonchev–Trinajstić information content (AvgIpc) is 2.38. The van der Waals surface area contributed by atoms with Gasteiger partial charge in [0.2, 0.25) is 0 Å². The quantitative estimate of drug-likeness (QED) is 0.723. The molecule has 1 fully saturated rings. The molecular formula is C14H18O2. The molecule has 0 N–H and O–H groups in total. The second-order valence-electron chi connectivity index (χ2n) is 4.47. The zero-order valence-corrected chi connectivity index (χ0v) is 9.52. The summed E-state index contributed by atoms with van der Waals surface area (Å²) >= 11 is 0. The third-order valence-corrected chi connectivity index (χ3v) is 3.25. The molecule has 0 amide bonds. The molecule has 0 unspecified atom stereocenters. The Bertz CT molecular complexity index is 340. The fraction of sp³-hybridized carbons (Fsp3) is 0.500. The molecule has 2 nitrogen and oxygen atoms in total. The Balaban J connectivity index is 1.90. The van der Waals surface area contributed by atoms with Gasteiger partial charge in [0, 0.05) is 0 Å². The van der Waals surface area contributed by atoms with Crippen LogP contribution < -0.4 is 4.74 Å². The highest BCUT2D eigenvalue weighted by atomic mass is 16.5. The Morgan fingerprint density at radius 2 is 1.94 bits per heavy atom. The van der Waals surface area contributed by atoms with Crippen LogP contribution in [0.5, 0.6) is 5.75 Å². The van der Waals surface area contributed by atoms with E-state index in [1.54, 1.807) is 6.07 Å². The highest BCUT2D eigenvalue weighted by Gasteiger charge is 2.14. The first kappa shape index (κ1) is 11.2. The van der Waals surface area contributed by atoms with Gasteiger partial charge in [0.05, 0.1) is 12.2 Å². The summed E-state index contributed by atoms with van der Waals surface area (Å²) < 4.78 is 5.74. The highest BCUT2D eigenvalue weighted by Crippen LogP contribution is 2.25. The van der Waals surface area contributed by atoms with Crippen molar-refractivity contribution in [1.29, 1.82) is 0 Å². The maximum atomic E-state index is 10.8. The molecule has 1 aliphatic rings. The van der Waals surface area contributed by atoms with Crippen LogP contribution in [0.3, 0.4) is 0 Å². The minimum absolute atomic E-state index is 0.651. The van der Waals surface area contributed by atoms with Gasteiger partial charge < -0.3 is 4.74 Å². The lowest BCUT2D eigenvalue weighted by Crippen LogP contribution is -2.15. The van der Waals surface area contributed by atoms with Gasteiger partial charge in [-0.1, -0.05) is 31.4 Å². The molecule has 16 heavy (non-hydrogen) atoms. The number of para-hydroxylation sites is 1. The SMILES string of the molecule is O=Cc1ccccc1OCC1CCCCC1. The first-order valence-corrected chi connectivity index (χ1v) is 6.07. The summed E-state index contributed by atoms with van der Waals surface area (Å²) in [7, 11) is 0. The number of benzene rings is 1. The summed E-state index contributed by atoms with van der Waals surface area (Å²) in [6.45, 7) is 0.755. The molecule has 0 saturated heterocycles. The monoisotopic (exact) mass is 218 g/mol. The molecule has 1 saturated carbocycles. The molecular weight excluding hydrogens is 200 g/mol. The van der Waals surface area contributed by atoms with Crippen LogP contribution in [0, 0.1) is 5.92 Å². The van der Waals surface area contributed by atoms with Crippen LogP contribution in [0.25, 0.3) is 0 Å². The van der Waals surface area contributed by atoms with E-state index in [9.17, 15) is 4.79 Å². The van der Waals surface area contributed by atoms with Gasteiger partial charge in [-0.2, -0.15) is 0 Å². The molecule has 1 aromatic rings. The minimum Gasteiger partial charge on any atom is -0.493 e. The van der Waals surface area contributed by atoms with Gasteiger partial charge in [-0.05, 0) is 30.9 Å². The fourth-order valence-electron chi connectivity index (χ4n) is 2.27. The van der Waals surface area contributed by atoms with E-state index in [1.165, 1.54) is 32.1 Å². The summed E-state index contributed by atoms with van der Waals surface area (Å²) in [6.07, 6.45) is 7.40. The Labute approximate surface area is 96.6 Å². The Morgan fingerprint density at radius 1 is 1.19 bits per heavy atom. The van der Waals surface area contributed by atoms with Crippen molar-refractivity contribution < 1.29 is 9.53 Å². The lowest BCUT2D eigenvalue weighted by Gasteiger charge is -2.21. The molecule has 0 heterocycles. The van der Waals surface area contributed by atoms with Crippen LogP contribution in [0.4, 0.5) is 0 Å². The van der Waals surface area contributed by atoms with Crippen LogP contribution in [0.2, 0.25) is 0 Å². The number of carbonyl (C=O) groups excluding carboxylic acids is 1. The fourth-order valence-corrected chi connectivity index (χ4v) is 2.27. The molecule has 86 valence electrons. The van der Waals surface area contributed by atoms with Gasteiger partial charge >= 0.3 is 0 Å². The summed E-state index contributed by atoms with van der Waals surface area (Å²) in [5.41, 5.74) is 0.651. The standard InChI is InChI=1S/C14H18O2/c15-10-13-8-4-5-9-14(13)16-11-12-6-2-1-3-7-12/h4-5,8-10,12H,1-3,6-7,11H2. The van der Waals surface area contributed by atoms with Crippen molar-refractivity contribution in [2.75, 3.05) is 6.61 Å². The minimum atomic E-state index is 0.651. The zero-order valence-electron chi connectivity index (χ0n) is 9.52. The van der Waals surface area contributed by atoms with Gasteiger partial charge in [0.1, 0.15) is 5.75 Å². The van der Waals surface area contributed by atoms with Crippen LogP contribution in [-0.4, -0.2) is 12.9 Å². The Hall–Kier alpha value is -1.31. The first-order chi connectivity index (χ1) is 7.90. The largest absolute Gasteiger partial charge is 0.493 e. The van der Waals surface area contributed by atoms with Crippen molar-refractivity contribution in [3.63, 3.8) is 0 Å². The molecule has 0 atom stereocenters. The topological polar surface area (TPSA) is 26.3 Å². The summed E-state index contributed by atoms with van der Waals surface area (Å²) in [6, 6.07) is 7.43.